The Balaban J connectivity index is 2.19. The van der Waals surface area contributed by atoms with Crippen LogP contribution in [0.5, 0.6) is 5.75 Å². The Hall–Kier alpha value is -2.09. The predicted octanol–water partition coefficient (Wildman–Crippen LogP) is 3.78. The van der Waals surface area contributed by atoms with E-state index in [0.717, 1.165) is 29.7 Å². The number of para-hydroxylation sites is 1. The molecular formula is C20H25ClN2O4S. The van der Waals surface area contributed by atoms with Crippen LogP contribution in [-0.2, 0) is 27.7 Å². The van der Waals surface area contributed by atoms with Gasteiger partial charge in [-0.25, -0.2) is 8.42 Å². The van der Waals surface area contributed by atoms with Gasteiger partial charge in [0.1, 0.15) is 5.75 Å². The fourth-order valence-electron chi connectivity index (χ4n) is 2.80. The zero-order valence-electron chi connectivity index (χ0n) is 16.4. The minimum Gasteiger partial charge on any atom is -0.495 e. The zero-order chi connectivity index (χ0) is 20.9. The summed E-state index contributed by atoms with van der Waals surface area (Å²) in [6, 6.07) is 9.00. The summed E-state index contributed by atoms with van der Waals surface area (Å²) in [5, 5.41) is 3.05. The third kappa shape index (κ3) is 5.04. The first kappa shape index (κ1) is 22.2. The highest BCUT2D eigenvalue weighted by Gasteiger charge is 2.24. The molecular weight excluding hydrogens is 400 g/mol. The van der Waals surface area contributed by atoms with E-state index in [1.54, 1.807) is 0 Å². The van der Waals surface area contributed by atoms with Crippen LogP contribution in [0.2, 0.25) is 5.02 Å². The van der Waals surface area contributed by atoms with E-state index in [9.17, 15) is 13.2 Å². The quantitative estimate of drug-likeness (QED) is 0.675. The van der Waals surface area contributed by atoms with E-state index < -0.39 is 22.0 Å². The molecule has 0 saturated heterocycles. The second-order valence-corrected chi connectivity index (χ2v) is 8.41. The Morgan fingerprint density at radius 3 is 2.25 bits per heavy atom. The number of methoxy groups -OCH3 is 1. The van der Waals surface area contributed by atoms with Crippen LogP contribution >= 0.6 is 11.6 Å². The van der Waals surface area contributed by atoms with Gasteiger partial charge in [0.05, 0.1) is 23.1 Å². The SMILES string of the molecule is CCc1cccc(CC)c1NC(=O)[C@H](C)NS(=O)(=O)c1ccc(OC)c(Cl)c1. The number of carbonyl (C=O) groups is 1. The molecule has 6 nitrogen and oxygen atoms in total. The number of rotatable bonds is 8. The minimum absolute atomic E-state index is 0.0406. The van der Waals surface area contributed by atoms with Gasteiger partial charge in [-0.15, -0.1) is 0 Å². The number of sulfonamides is 1. The van der Waals surface area contributed by atoms with Crippen LogP contribution in [0.3, 0.4) is 0 Å². The standard InChI is InChI=1S/C20H25ClN2O4S/c1-5-14-8-7-9-15(6-2)19(14)22-20(24)13(3)23-28(25,26)16-10-11-18(27-4)17(21)12-16/h7-13,23H,5-6H2,1-4H3,(H,22,24)/t13-/m0/s1. The fraction of sp³-hybridized carbons (Fsp3) is 0.350. The van der Waals surface area contributed by atoms with Crippen LogP contribution in [0, 0.1) is 0 Å². The predicted molar refractivity (Wildman–Crippen MR) is 112 cm³/mol. The van der Waals surface area contributed by atoms with Crippen LogP contribution in [0.4, 0.5) is 5.69 Å². The van der Waals surface area contributed by atoms with Crippen LogP contribution in [0.25, 0.3) is 0 Å². The fourth-order valence-corrected chi connectivity index (χ4v) is 4.35. The summed E-state index contributed by atoms with van der Waals surface area (Å²) in [5.74, 6) is -0.0616. The molecule has 0 fully saturated rings. The molecule has 1 amide bonds. The molecule has 1 atom stereocenters. The molecule has 0 radical (unpaired) electrons. The van der Waals surface area contributed by atoms with Gasteiger partial charge in [0.2, 0.25) is 15.9 Å². The number of hydrogen-bond acceptors (Lipinski definition) is 4. The summed E-state index contributed by atoms with van der Waals surface area (Å²) in [6.07, 6.45) is 1.52. The Kier molecular flexibility index (Phi) is 7.46. The molecule has 0 saturated carbocycles. The van der Waals surface area contributed by atoms with E-state index in [-0.39, 0.29) is 9.92 Å². The van der Waals surface area contributed by atoms with Gasteiger partial charge in [0, 0.05) is 5.69 Å². The van der Waals surface area contributed by atoms with Crippen molar-refractivity contribution in [2.24, 2.45) is 0 Å². The number of anilines is 1. The van der Waals surface area contributed by atoms with Gasteiger partial charge in [-0.1, -0.05) is 43.6 Å². The maximum Gasteiger partial charge on any atom is 0.242 e. The van der Waals surface area contributed by atoms with E-state index in [2.05, 4.69) is 10.0 Å². The van der Waals surface area contributed by atoms with Crippen LogP contribution < -0.4 is 14.8 Å². The molecule has 8 heteroatoms. The Morgan fingerprint density at radius 1 is 1.14 bits per heavy atom. The van der Waals surface area contributed by atoms with Crippen LogP contribution in [-0.4, -0.2) is 27.5 Å². The Bertz CT molecular complexity index is 938. The van der Waals surface area contributed by atoms with Gasteiger partial charge in [-0.3, -0.25) is 4.79 Å². The highest BCUT2D eigenvalue weighted by Crippen LogP contribution is 2.27. The summed E-state index contributed by atoms with van der Waals surface area (Å²) in [4.78, 5) is 12.6. The van der Waals surface area contributed by atoms with Gasteiger partial charge in [0.25, 0.3) is 0 Å². The van der Waals surface area contributed by atoms with Crippen LogP contribution in [0.1, 0.15) is 31.9 Å². The van der Waals surface area contributed by atoms with Crippen molar-refractivity contribution in [2.45, 2.75) is 44.6 Å². The number of aryl methyl sites for hydroxylation is 2. The lowest BCUT2D eigenvalue weighted by Gasteiger charge is -2.18. The molecule has 0 aliphatic carbocycles. The molecule has 2 aromatic rings. The molecule has 2 rings (SSSR count). The van der Waals surface area contributed by atoms with Gasteiger partial charge in [0.15, 0.2) is 0 Å². The molecule has 0 heterocycles. The van der Waals surface area contributed by atoms with E-state index >= 15 is 0 Å². The summed E-state index contributed by atoms with van der Waals surface area (Å²) >= 11 is 6.01. The highest BCUT2D eigenvalue weighted by atomic mass is 35.5. The minimum atomic E-state index is -3.93. The summed E-state index contributed by atoms with van der Waals surface area (Å²) in [7, 11) is -2.48. The molecule has 0 unspecified atom stereocenters. The number of halogens is 1. The van der Waals surface area contributed by atoms with Crippen molar-refractivity contribution in [1.29, 1.82) is 0 Å². The molecule has 28 heavy (non-hydrogen) atoms. The normalized spacial score (nSPS) is 12.5. The molecule has 0 aliphatic rings. The van der Waals surface area contributed by atoms with E-state index in [0.29, 0.717) is 5.75 Å². The monoisotopic (exact) mass is 424 g/mol. The first-order chi connectivity index (χ1) is 13.2. The van der Waals surface area contributed by atoms with Crippen molar-refractivity contribution in [2.75, 3.05) is 12.4 Å². The van der Waals surface area contributed by atoms with Crippen molar-refractivity contribution in [3.8, 4) is 5.75 Å². The molecule has 0 spiro atoms. The lowest BCUT2D eigenvalue weighted by atomic mass is 10.0. The van der Waals surface area contributed by atoms with E-state index in [1.807, 2.05) is 32.0 Å². The highest BCUT2D eigenvalue weighted by molar-refractivity contribution is 7.89. The van der Waals surface area contributed by atoms with E-state index in [1.165, 1.54) is 32.2 Å². The van der Waals surface area contributed by atoms with Gasteiger partial charge >= 0.3 is 0 Å². The summed E-state index contributed by atoms with van der Waals surface area (Å²) in [5.41, 5.74) is 2.76. The zero-order valence-corrected chi connectivity index (χ0v) is 17.9. The third-order valence-corrected chi connectivity index (χ3v) is 6.24. The molecule has 0 bridgehead atoms. The van der Waals surface area contributed by atoms with Gasteiger partial charge < -0.3 is 10.1 Å². The largest absolute Gasteiger partial charge is 0.495 e. The average molecular weight is 425 g/mol. The van der Waals surface area contributed by atoms with E-state index in [4.69, 9.17) is 16.3 Å². The number of hydrogen-bond donors (Lipinski definition) is 2. The first-order valence-electron chi connectivity index (χ1n) is 9.01. The molecule has 0 aromatic heterocycles. The van der Waals surface area contributed by atoms with Gasteiger partial charge in [-0.05, 0) is 49.1 Å². The summed E-state index contributed by atoms with van der Waals surface area (Å²) in [6.45, 7) is 5.51. The van der Waals surface area contributed by atoms with Crippen molar-refractivity contribution in [3.63, 3.8) is 0 Å². The third-order valence-electron chi connectivity index (χ3n) is 4.41. The van der Waals surface area contributed by atoms with Crippen LogP contribution in [0.15, 0.2) is 41.3 Å². The lowest BCUT2D eigenvalue weighted by molar-refractivity contribution is -0.117. The Morgan fingerprint density at radius 2 is 1.75 bits per heavy atom. The number of amides is 1. The topological polar surface area (TPSA) is 84.5 Å². The maximum atomic E-state index is 12.6. The lowest BCUT2D eigenvalue weighted by Crippen LogP contribution is -2.41. The van der Waals surface area contributed by atoms with Crippen molar-refractivity contribution >= 4 is 33.2 Å². The Labute approximate surface area is 171 Å². The number of nitrogens with one attached hydrogen (secondary N) is 2. The molecule has 152 valence electrons. The van der Waals surface area contributed by atoms with Crippen molar-refractivity contribution in [1.82, 2.24) is 4.72 Å². The number of ether oxygens (including phenoxy) is 1. The molecule has 0 aliphatic heterocycles. The number of carbonyl (C=O) groups excluding carboxylic acids is 1. The summed E-state index contributed by atoms with van der Waals surface area (Å²) < 4.78 is 32.6. The first-order valence-corrected chi connectivity index (χ1v) is 10.9. The maximum absolute atomic E-state index is 12.6. The van der Waals surface area contributed by atoms with Crippen molar-refractivity contribution < 1.29 is 17.9 Å². The second-order valence-electron chi connectivity index (χ2n) is 6.29. The van der Waals surface area contributed by atoms with Crippen molar-refractivity contribution in [3.05, 3.63) is 52.5 Å². The average Bonchev–Trinajstić information content (AvgIpc) is 2.67. The number of benzene rings is 2. The molecule has 2 N–H and O–H groups in total. The molecule has 2 aromatic carbocycles. The van der Waals surface area contributed by atoms with Gasteiger partial charge in [-0.2, -0.15) is 4.72 Å². The smallest absolute Gasteiger partial charge is 0.242 e. The second kappa shape index (κ2) is 9.41.